The van der Waals surface area contributed by atoms with Crippen LogP contribution >= 0.6 is 27.5 Å². The highest BCUT2D eigenvalue weighted by Crippen LogP contribution is 2.12. The number of nitrogens with zero attached hydrogens (tertiary/aromatic N) is 1. The number of imide groups is 1. The van der Waals surface area contributed by atoms with Crippen LogP contribution in [0.15, 0.2) is 28.7 Å². The number of hydrogen-bond donors (Lipinski definition) is 1. The molecule has 0 unspecified atom stereocenters. The summed E-state index contributed by atoms with van der Waals surface area (Å²) in [5, 5.41) is 2.17. The van der Waals surface area contributed by atoms with Gasteiger partial charge in [-0.25, -0.2) is 4.79 Å². The molecule has 0 saturated carbocycles. The summed E-state index contributed by atoms with van der Waals surface area (Å²) < 4.78 is 0.945. The van der Waals surface area contributed by atoms with Gasteiger partial charge < -0.3 is 4.90 Å². The molecule has 0 radical (unpaired) electrons. The van der Waals surface area contributed by atoms with E-state index in [4.69, 9.17) is 11.6 Å². The van der Waals surface area contributed by atoms with Crippen LogP contribution in [0.4, 0.5) is 4.79 Å². The predicted molar refractivity (Wildman–Crippen MR) is 69.9 cm³/mol. The van der Waals surface area contributed by atoms with E-state index >= 15 is 0 Å². The first-order valence-electron chi connectivity index (χ1n) is 4.88. The smallest absolute Gasteiger partial charge is 0.323 e. The number of halogens is 2. The van der Waals surface area contributed by atoms with Crippen LogP contribution in [-0.2, 0) is 11.3 Å². The second-order valence-electron chi connectivity index (χ2n) is 3.47. The molecule has 1 aromatic carbocycles. The lowest BCUT2D eigenvalue weighted by Crippen LogP contribution is -2.40. The Morgan fingerprint density at radius 1 is 1.47 bits per heavy atom. The molecular weight excluding hydrogens is 307 g/mol. The molecule has 1 aromatic rings. The Balaban J connectivity index is 2.57. The zero-order valence-corrected chi connectivity index (χ0v) is 11.6. The van der Waals surface area contributed by atoms with Gasteiger partial charge in [-0.05, 0) is 17.7 Å². The van der Waals surface area contributed by atoms with Crippen LogP contribution in [0.2, 0.25) is 0 Å². The van der Waals surface area contributed by atoms with Gasteiger partial charge in [0, 0.05) is 18.1 Å². The number of carbonyl (C=O) groups excluding carboxylic acids is 2. The van der Waals surface area contributed by atoms with Gasteiger partial charge >= 0.3 is 6.03 Å². The molecule has 0 bridgehead atoms. The molecule has 92 valence electrons. The largest absolute Gasteiger partial charge is 0.324 e. The lowest BCUT2D eigenvalue weighted by Gasteiger charge is -2.17. The molecule has 0 aliphatic carbocycles. The minimum atomic E-state index is -0.502. The van der Waals surface area contributed by atoms with E-state index in [1.165, 1.54) is 4.90 Å². The minimum Gasteiger partial charge on any atom is -0.323 e. The van der Waals surface area contributed by atoms with Crippen molar-refractivity contribution in [3.63, 3.8) is 0 Å². The number of benzene rings is 1. The van der Waals surface area contributed by atoms with Crippen LogP contribution in [0.5, 0.6) is 0 Å². The summed E-state index contributed by atoms with van der Waals surface area (Å²) in [6, 6.07) is 7.14. The topological polar surface area (TPSA) is 49.4 Å². The van der Waals surface area contributed by atoms with Crippen LogP contribution in [-0.4, -0.2) is 29.8 Å². The number of nitrogens with one attached hydrogen (secondary N) is 1. The highest BCUT2D eigenvalue weighted by Gasteiger charge is 2.11. The second-order valence-corrected chi connectivity index (χ2v) is 4.66. The number of rotatable bonds is 3. The Kier molecular flexibility index (Phi) is 5.44. The summed E-state index contributed by atoms with van der Waals surface area (Å²) in [5.74, 6) is -0.728. The van der Waals surface area contributed by atoms with Crippen molar-refractivity contribution in [2.24, 2.45) is 0 Å². The SMILES string of the molecule is CN(Cc1cccc(Br)c1)C(=O)NC(=O)CCl. The Morgan fingerprint density at radius 3 is 2.76 bits per heavy atom. The Morgan fingerprint density at radius 2 is 2.18 bits per heavy atom. The molecule has 3 amide bonds. The van der Waals surface area contributed by atoms with Gasteiger partial charge in [-0.3, -0.25) is 10.1 Å². The van der Waals surface area contributed by atoms with Crippen molar-refractivity contribution >= 4 is 39.5 Å². The molecule has 0 heterocycles. The van der Waals surface area contributed by atoms with Crippen molar-refractivity contribution in [3.8, 4) is 0 Å². The molecule has 0 saturated heterocycles. The summed E-state index contributed by atoms with van der Waals surface area (Å²) >= 11 is 8.64. The van der Waals surface area contributed by atoms with Crippen molar-refractivity contribution in [2.45, 2.75) is 6.54 Å². The molecule has 0 fully saturated rings. The molecule has 0 aliphatic heterocycles. The maximum atomic E-state index is 11.5. The van der Waals surface area contributed by atoms with Crippen LogP contribution in [0.1, 0.15) is 5.56 Å². The molecule has 1 N–H and O–H groups in total. The molecule has 0 spiro atoms. The number of hydrogen-bond acceptors (Lipinski definition) is 2. The maximum Gasteiger partial charge on any atom is 0.324 e. The first-order chi connectivity index (χ1) is 8.02. The van der Waals surface area contributed by atoms with Crippen molar-refractivity contribution in [2.75, 3.05) is 12.9 Å². The van der Waals surface area contributed by atoms with Gasteiger partial charge in [0.25, 0.3) is 0 Å². The normalized spacial score (nSPS) is 9.82. The quantitative estimate of drug-likeness (QED) is 0.870. The highest BCUT2D eigenvalue weighted by molar-refractivity contribution is 9.10. The number of urea groups is 1. The van der Waals surface area contributed by atoms with E-state index in [9.17, 15) is 9.59 Å². The van der Waals surface area contributed by atoms with Crippen molar-refractivity contribution in [3.05, 3.63) is 34.3 Å². The van der Waals surface area contributed by atoms with Crippen LogP contribution in [0.3, 0.4) is 0 Å². The van der Waals surface area contributed by atoms with E-state index in [0.717, 1.165) is 10.0 Å². The Bertz CT molecular complexity index is 426. The van der Waals surface area contributed by atoms with Gasteiger partial charge in [0.1, 0.15) is 5.88 Å². The monoisotopic (exact) mass is 318 g/mol. The first-order valence-corrected chi connectivity index (χ1v) is 6.21. The van der Waals surface area contributed by atoms with E-state index < -0.39 is 11.9 Å². The Hall–Kier alpha value is -1.07. The standard InChI is InChI=1S/C11H12BrClN2O2/c1-15(11(17)14-10(16)6-13)7-8-3-2-4-9(12)5-8/h2-5H,6-7H2,1H3,(H,14,16,17). The fraction of sp³-hybridized carbons (Fsp3) is 0.273. The average Bonchev–Trinajstić information content (AvgIpc) is 2.28. The number of amides is 3. The second kappa shape index (κ2) is 6.61. The van der Waals surface area contributed by atoms with Gasteiger partial charge in [0.05, 0.1) is 0 Å². The molecule has 6 heteroatoms. The molecule has 4 nitrogen and oxygen atoms in total. The molecule has 0 aliphatic rings. The zero-order valence-electron chi connectivity index (χ0n) is 9.24. The van der Waals surface area contributed by atoms with E-state index in [0.29, 0.717) is 6.54 Å². The third-order valence-electron chi connectivity index (χ3n) is 2.02. The third kappa shape index (κ3) is 4.75. The molecule has 0 atom stereocenters. The highest BCUT2D eigenvalue weighted by atomic mass is 79.9. The first kappa shape index (κ1) is 14.0. The molecule has 0 aromatic heterocycles. The predicted octanol–water partition coefficient (Wildman–Crippen LogP) is 2.36. The lowest BCUT2D eigenvalue weighted by molar-refractivity contribution is -0.117. The van der Waals surface area contributed by atoms with E-state index in [-0.39, 0.29) is 5.88 Å². The fourth-order valence-electron chi connectivity index (χ4n) is 1.23. The van der Waals surface area contributed by atoms with Crippen LogP contribution < -0.4 is 5.32 Å². The number of alkyl halides is 1. The summed E-state index contributed by atoms with van der Waals surface area (Å²) in [6.45, 7) is 0.417. The van der Waals surface area contributed by atoms with Gasteiger partial charge in [-0.2, -0.15) is 0 Å². The summed E-state index contributed by atoms with van der Waals surface area (Å²) in [6.07, 6.45) is 0. The lowest BCUT2D eigenvalue weighted by atomic mass is 10.2. The molecular formula is C11H12BrClN2O2. The van der Waals surface area contributed by atoms with Crippen LogP contribution in [0, 0.1) is 0 Å². The minimum absolute atomic E-state index is 0.226. The zero-order chi connectivity index (χ0) is 12.8. The van der Waals surface area contributed by atoms with E-state index in [1.54, 1.807) is 7.05 Å². The summed E-state index contributed by atoms with van der Waals surface area (Å²) in [4.78, 5) is 23.9. The molecule has 1 rings (SSSR count). The van der Waals surface area contributed by atoms with Crippen LogP contribution in [0.25, 0.3) is 0 Å². The fourth-order valence-corrected chi connectivity index (χ4v) is 1.74. The van der Waals surface area contributed by atoms with E-state index in [2.05, 4.69) is 21.2 Å². The Labute approximate surface area is 113 Å². The third-order valence-corrected chi connectivity index (χ3v) is 2.76. The van der Waals surface area contributed by atoms with Gasteiger partial charge in [0.2, 0.25) is 5.91 Å². The van der Waals surface area contributed by atoms with Gasteiger partial charge in [0.15, 0.2) is 0 Å². The van der Waals surface area contributed by atoms with Crippen molar-refractivity contribution in [1.82, 2.24) is 10.2 Å². The summed E-state index contributed by atoms with van der Waals surface area (Å²) in [7, 11) is 1.61. The maximum absolute atomic E-state index is 11.5. The number of carbonyl (C=O) groups is 2. The van der Waals surface area contributed by atoms with E-state index in [1.807, 2.05) is 24.3 Å². The van der Waals surface area contributed by atoms with Crippen molar-refractivity contribution in [1.29, 1.82) is 0 Å². The van der Waals surface area contributed by atoms with Gasteiger partial charge in [-0.1, -0.05) is 28.1 Å². The molecule has 17 heavy (non-hydrogen) atoms. The average molecular weight is 320 g/mol. The van der Waals surface area contributed by atoms with Crippen molar-refractivity contribution < 1.29 is 9.59 Å². The van der Waals surface area contributed by atoms with Gasteiger partial charge in [-0.15, -0.1) is 11.6 Å². The summed E-state index contributed by atoms with van der Waals surface area (Å²) in [5.41, 5.74) is 0.968.